The van der Waals surface area contributed by atoms with Crippen molar-refractivity contribution in [3.63, 3.8) is 0 Å². The van der Waals surface area contributed by atoms with Crippen molar-refractivity contribution in [1.82, 2.24) is 0 Å². The molecule has 0 aromatic heterocycles. The van der Waals surface area contributed by atoms with Crippen LogP contribution in [0, 0.1) is 72.0 Å². The highest BCUT2D eigenvalue weighted by Crippen LogP contribution is 2.57. The highest BCUT2D eigenvalue weighted by molar-refractivity contribution is 5.96. The SMILES string of the molecule is CC(=O)c1cc2c(cc1C)C(C)(C)CC2.CC(=O)c1cc2c(cc1C)CCC2(C)C.CC(O)C1CC2C(CCC2(C)C)CC1C.CC(O)C1CC2CCC(C)(C)C2CC1C. The van der Waals surface area contributed by atoms with Crippen LogP contribution < -0.4 is 0 Å². The molecule has 10 atom stereocenters. The van der Waals surface area contributed by atoms with E-state index in [-0.39, 0.29) is 34.6 Å². The molecule has 336 valence electrons. The minimum Gasteiger partial charge on any atom is -0.393 e. The van der Waals surface area contributed by atoms with E-state index in [1.165, 1.54) is 86.5 Å². The lowest BCUT2D eigenvalue weighted by molar-refractivity contribution is 0.00978. The van der Waals surface area contributed by atoms with Crippen LogP contribution in [0.25, 0.3) is 0 Å². The summed E-state index contributed by atoms with van der Waals surface area (Å²) in [5, 5.41) is 19.6. The highest BCUT2D eigenvalue weighted by atomic mass is 16.3. The number of rotatable bonds is 4. The number of carbonyl (C=O) groups is 2. The van der Waals surface area contributed by atoms with E-state index >= 15 is 0 Å². The van der Waals surface area contributed by atoms with E-state index in [1.807, 2.05) is 27.7 Å². The summed E-state index contributed by atoms with van der Waals surface area (Å²) in [5.41, 5.74) is 11.3. The standard InChI is InChI=1S/C14H26O.C14H18O.C14H26O.C14H18O/c2*1-9-7-13-11(5-6-14(13,3)4)8-12(9)10(2)15;2*1-9-7-11-5-6-14(3,4)13(11)8-12(9)10(2)15/h9-13,15H,5-8H2,1-4H3;7-8H,5-6H2,1-4H3;9-13,15H,5-8H2,1-4H3;7-8H,5-6H2,1-4H3. The van der Waals surface area contributed by atoms with Gasteiger partial charge in [-0.05, 0) is 233 Å². The quantitative estimate of drug-likeness (QED) is 0.301. The van der Waals surface area contributed by atoms with Crippen LogP contribution in [0.15, 0.2) is 24.3 Å². The van der Waals surface area contributed by atoms with Crippen molar-refractivity contribution in [3.8, 4) is 0 Å². The molecule has 4 fully saturated rings. The molecule has 0 amide bonds. The first-order valence-corrected chi connectivity index (χ1v) is 24.3. The number of hydrogen-bond acceptors (Lipinski definition) is 4. The van der Waals surface area contributed by atoms with E-state index in [9.17, 15) is 19.8 Å². The number of aryl methyl sites for hydroxylation is 4. The third-order valence-electron chi connectivity index (χ3n) is 17.7. The van der Waals surface area contributed by atoms with Gasteiger partial charge < -0.3 is 10.2 Å². The minimum atomic E-state index is -0.114. The lowest BCUT2D eigenvalue weighted by Crippen LogP contribution is -2.37. The van der Waals surface area contributed by atoms with Gasteiger partial charge in [0, 0.05) is 11.1 Å². The number of aliphatic hydroxyl groups excluding tert-OH is 2. The summed E-state index contributed by atoms with van der Waals surface area (Å²) in [4.78, 5) is 22.9. The zero-order chi connectivity index (χ0) is 44.9. The van der Waals surface area contributed by atoms with Crippen LogP contribution in [0.2, 0.25) is 0 Å². The van der Waals surface area contributed by atoms with Crippen LogP contribution in [0.4, 0.5) is 0 Å². The molecule has 4 heteroatoms. The fourth-order valence-corrected chi connectivity index (χ4v) is 13.5. The largest absolute Gasteiger partial charge is 0.393 e. The second-order valence-electron chi connectivity index (χ2n) is 24.0. The molecule has 0 radical (unpaired) electrons. The van der Waals surface area contributed by atoms with Gasteiger partial charge >= 0.3 is 0 Å². The first-order valence-electron chi connectivity index (χ1n) is 24.3. The van der Waals surface area contributed by atoms with Gasteiger partial charge in [-0.25, -0.2) is 0 Å². The molecule has 4 nitrogen and oxygen atoms in total. The van der Waals surface area contributed by atoms with Crippen molar-refractivity contribution in [3.05, 3.63) is 68.8 Å². The maximum Gasteiger partial charge on any atom is 0.160 e. The van der Waals surface area contributed by atoms with Gasteiger partial charge in [0.25, 0.3) is 0 Å². The summed E-state index contributed by atoms with van der Waals surface area (Å²) in [5.74, 6) is 6.53. The molecule has 10 unspecified atom stereocenters. The predicted octanol–water partition coefficient (Wildman–Crippen LogP) is 13.8. The monoisotopic (exact) mass is 825 g/mol. The molecule has 2 aromatic rings. The Labute approximate surface area is 367 Å². The van der Waals surface area contributed by atoms with Gasteiger partial charge in [0.2, 0.25) is 0 Å². The Kier molecular flexibility index (Phi) is 15.0. The van der Waals surface area contributed by atoms with E-state index in [2.05, 4.69) is 93.5 Å². The zero-order valence-corrected chi connectivity index (χ0v) is 41.3. The van der Waals surface area contributed by atoms with Crippen molar-refractivity contribution in [2.45, 2.75) is 211 Å². The van der Waals surface area contributed by atoms with Gasteiger partial charge in [-0.15, -0.1) is 0 Å². The van der Waals surface area contributed by atoms with Crippen molar-refractivity contribution >= 4 is 11.6 Å². The predicted molar refractivity (Wildman–Crippen MR) is 252 cm³/mol. The molecule has 6 aliphatic rings. The Morgan fingerprint density at radius 3 is 1.47 bits per heavy atom. The summed E-state index contributed by atoms with van der Waals surface area (Å²) in [6.07, 6.45) is 15.3. The fourth-order valence-electron chi connectivity index (χ4n) is 13.5. The number of Topliss-reactive ketones (excluding diaryl/α,β-unsaturated/α-hetero) is 2. The van der Waals surface area contributed by atoms with Crippen molar-refractivity contribution < 1.29 is 19.8 Å². The average molecular weight is 825 g/mol. The highest BCUT2D eigenvalue weighted by Gasteiger charge is 2.49. The number of aliphatic hydroxyl groups is 2. The molecule has 0 heterocycles. The zero-order valence-electron chi connectivity index (χ0n) is 41.3. The average Bonchev–Trinajstić information content (AvgIpc) is 3.82. The van der Waals surface area contributed by atoms with Gasteiger partial charge in [-0.2, -0.15) is 0 Å². The lowest BCUT2D eigenvalue weighted by Gasteiger charge is -2.42. The third kappa shape index (κ3) is 10.5. The molecule has 60 heavy (non-hydrogen) atoms. The molecule has 0 bridgehead atoms. The van der Waals surface area contributed by atoms with Crippen molar-refractivity contribution in [2.75, 3.05) is 0 Å². The first kappa shape index (κ1) is 48.7. The number of fused-ring (bicyclic) bond motifs is 4. The van der Waals surface area contributed by atoms with Crippen molar-refractivity contribution in [1.29, 1.82) is 0 Å². The third-order valence-corrected chi connectivity index (χ3v) is 17.7. The van der Waals surface area contributed by atoms with Crippen LogP contribution in [0.5, 0.6) is 0 Å². The smallest absolute Gasteiger partial charge is 0.160 e. The Morgan fingerprint density at radius 1 is 0.567 bits per heavy atom. The van der Waals surface area contributed by atoms with Crippen LogP contribution >= 0.6 is 0 Å². The second-order valence-corrected chi connectivity index (χ2v) is 24.0. The summed E-state index contributed by atoms with van der Waals surface area (Å²) in [7, 11) is 0. The van der Waals surface area contributed by atoms with E-state index in [0.29, 0.717) is 28.6 Å². The molecule has 2 aromatic carbocycles. The van der Waals surface area contributed by atoms with E-state index < -0.39 is 0 Å². The number of carbonyl (C=O) groups excluding carboxylic acids is 2. The second kappa shape index (κ2) is 18.4. The van der Waals surface area contributed by atoms with Crippen LogP contribution in [0.1, 0.15) is 215 Å². The van der Waals surface area contributed by atoms with Crippen LogP contribution in [-0.2, 0) is 23.7 Å². The fraction of sp³-hybridized carbons (Fsp3) is 0.750. The topological polar surface area (TPSA) is 74.6 Å². The van der Waals surface area contributed by atoms with E-state index in [1.54, 1.807) is 13.8 Å². The molecule has 6 aliphatic carbocycles. The van der Waals surface area contributed by atoms with Crippen LogP contribution in [-0.4, -0.2) is 34.0 Å². The van der Waals surface area contributed by atoms with Gasteiger partial charge in [-0.1, -0.05) is 81.4 Å². The molecule has 0 aliphatic heterocycles. The Hall–Kier alpha value is -2.30. The molecule has 0 saturated heterocycles. The molecule has 0 spiro atoms. The van der Waals surface area contributed by atoms with Gasteiger partial charge in [0.05, 0.1) is 12.2 Å². The summed E-state index contributed by atoms with van der Waals surface area (Å²) in [6.45, 7) is 34.8. The van der Waals surface area contributed by atoms with E-state index in [0.717, 1.165) is 64.7 Å². The Bertz CT molecular complexity index is 1840. The molecular weight excluding hydrogens is 737 g/mol. The van der Waals surface area contributed by atoms with Crippen LogP contribution in [0.3, 0.4) is 0 Å². The number of hydrogen-bond donors (Lipinski definition) is 2. The molecule has 8 rings (SSSR count). The first-order chi connectivity index (χ1) is 27.7. The van der Waals surface area contributed by atoms with Gasteiger partial charge in [0.15, 0.2) is 11.6 Å². The van der Waals surface area contributed by atoms with E-state index in [4.69, 9.17) is 0 Å². The number of benzene rings is 2. The summed E-state index contributed by atoms with van der Waals surface area (Å²) in [6, 6.07) is 8.61. The number of ketones is 2. The van der Waals surface area contributed by atoms with Gasteiger partial charge in [0.1, 0.15) is 0 Å². The lowest BCUT2D eigenvalue weighted by atomic mass is 9.63. The Morgan fingerprint density at radius 2 is 0.967 bits per heavy atom. The minimum absolute atomic E-state index is 0.107. The molecule has 4 saturated carbocycles. The molecule has 2 N–H and O–H groups in total. The summed E-state index contributed by atoms with van der Waals surface area (Å²) >= 11 is 0. The maximum atomic E-state index is 11.5. The maximum absolute atomic E-state index is 11.5. The normalized spacial score (nSPS) is 31.9. The Balaban J connectivity index is 0.000000152. The van der Waals surface area contributed by atoms with Crippen molar-refractivity contribution in [2.24, 2.45) is 58.2 Å². The van der Waals surface area contributed by atoms with Gasteiger partial charge in [-0.3, -0.25) is 9.59 Å². The summed E-state index contributed by atoms with van der Waals surface area (Å²) < 4.78 is 0. The molecular formula is C56H88O4.